The third-order valence-corrected chi connectivity index (χ3v) is 5.80. The van der Waals surface area contributed by atoms with Gasteiger partial charge in [0, 0.05) is 26.1 Å². The normalized spacial score (nSPS) is 10.9. The molecule has 0 aliphatic rings. The number of anilines is 1. The van der Waals surface area contributed by atoms with E-state index in [1.165, 1.54) is 0 Å². The average Bonchev–Trinajstić information content (AvgIpc) is 3.26. The van der Waals surface area contributed by atoms with Crippen LogP contribution in [0, 0.1) is 0 Å². The van der Waals surface area contributed by atoms with Crippen molar-refractivity contribution in [2.75, 3.05) is 5.32 Å². The van der Waals surface area contributed by atoms with E-state index in [2.05, 4.69) is 31.3 Å². The van der Waals surface area contributed by atoms with E-state index >= 15 is 0 Å². The Balaban J connectivity index is 1.56. The zero-order valence-corrected chi connectivity index (χ0v) is 19.0. The number of rotatable bonds is 4. The van der Waals surface area contributed by atoms with Gasteiger partial charge in [0.15, 0.2) is 5.82 Å². The first kappa shape index (κ1) is 20.4. The van der Waals surface area contributed by atoms with Crippen molar-refractivity contribution < 1.29 is 4.79 Å². The van der Waals surface area contributed by atoms with Crippen molar-refractivity contribution in [1.29, 1.82) is 0 Å². The molecule has 156 valence electrons. The van der Waals surface area contributed by atoms with Gasteiger partial charge in [0.25, 0.3) is 5.91 Å². The summed E-state index contributed by atoms with van der Waals surface area (Å²) in [6, 6.07) is 28.6. The van der Waals surface area contributed by atoms with Gasteiger partial charge in [-0.3, -0.25) is 4.79 Å². The Hall–Kier alpha value is -3.48. The van der Waals surface area contributed by atoms with Gasteiger partial charge < -0.3 is 5.32 Å². The number of nitrogens with one attached hydrogen (secondary N) is 1. The van der Waals surface area contributed by atoms with Crippen LogP contribution in [0.3, 0.4) is 0 Å². The van der Waals surface area contributed by atoms with Gasteiger partial charge in [0.05, 0.1) is 5.69 Å². The molecule has 1 aromatic heterocycles. The van der Waals surface area contributed by atoms with Crippen LogP contribution < -0.4 is 5.32 Å². The minimum Gasteiger partial charge on any atom is -0.319 e. The molecule has 4 aromatic carbocycles. The average molecular weight is 504 g/mol. The number of hydrogen-bond acceptors (Lipinski definition) is 3. The van der Waals surface area contributed by atoms with Crippen LogP contribution in [0.2, 0.25) is 5.02 Å². The topological polar surface area (TPSA) is 59.8 Å². The summed E-state index contributed by atoms with van der Waals surface area (Å²) in [6.07, 6.45) is 0. The first-order valence-corrected chi connectivity index (χ1v) is 11.0. The highest BCUT2D eigenvalue weighted by Gasteiger charge is 2.19. The molecule has 1 N–H and O–H groups in total. The SMILES string of the molecule is O=C(Nc1cccc2ccccc12)c1nc(-c2ccc(Br)cc2)n(-c2ccc(Cl)cc2)n1. The molecule has 0 atom stereocenters. The van der Waals surface area contributed by atoms with Gasteiger partial charge in [-0.25, -0.2) is 9.67 Å². The Morgan fingerprint density at radius 2 is 1.59 bits per heavy atom. The van der Waals surface area contributed by atoms with Crippen LogP contribution in [0.4, 0.5) is 5.69 Å². The van der Waals surface area contributed by atoms with Crippen molar-refractivity contribution in [3.05, 3.63) is 106 Å². The number of benzene rings is 4. The molecule has 1 heterocycles. The zero-order chi connectivity index (χ0) is 22.1. The Bertz CT molecular complexity index is 1360. The smallest absolute Gasteiger partial charge is 0.295 e. The molecular weight excluding hydrogens is 488 g/mol. The lowest BCUT2D eigenvalue weighted by Gasteiger charge is -2.07. The molecule has 0 unspecified atom stereocenters. The fourth-order valence-corrected chi connectivity index (χ4v) is 3.86. The Morgan fingerprint density at radius 1 is 0.875 bits per heavy atom. The molecule has 0 aliphatic heterocycles. The second kappa shape index (κ2) is 8.57. The first-order chi connectivity index (χ1) is 15.6. The number of carbonyl (C=O) groups excluding carboxylic acids is 1. The van der Waals surface area contributed by atoms with E-state index in [9.17, 15) is 4.79 Å². The van der Waals surface area contributed by atoms with E-state index < -0.39 is 0 Å². The Kier molecular flexibility index (Phi) is 5.47. The quantitative estimate of drug-likeness (QED) is 0.295. The minimum atomic E-state index is -0.382. The molecule has 0 spiro atoms. The molecule has 0 radical (unpaired) electrons. The number of aromatic nitrogens is 3. The Morgan fingerprint density at radius 3 is 2.38 bits per heavy atom. The van der Waals surface area contributed by atoms with Gasteiger partial charge in [-0.2, -0.15) is 0 Å². The predicted molar refractivity (Wildman–Crippen MR) is 131 cm³/mol. The molecule has 7 heteroatoms. The minimum absolute atomic E-state index is 0.0748. The number of hydrogen-bond donors (Lipinski definition) is 1. The monoisotopic (exact) mass is 502 g/mol. The van der Waals surface area contributed by atoms with Crippen LogP contribution in [0.5, 0.6) is 0 Å². The third-order valence-electron chi connectivity index (χ3n) is 5.02. The first-order valence-electron chi connectivity index (χ1n) is 9.86. The van der Waals surface area contributed by atoms with E-state index in [1.54, 1.807) is 16.8 Å². The number of halogens is 2. The molecule has 0 fully saturated rings. The number of nitrogens with zero attached hydrogens (tertiary/aromatic N) is 3. The van der Waals surface area contributed by atoms with Crippen LogP contribution in [0.25, 0.3) is 27.8 Å². The van der Waals surface area contributed by atoms with E-state index in [1.807, 2.05) is 78.9 Å². The second-order valence-corrected chi connectivity index (χ2v) is 8.49. The number of amides is 1. The molecule has 5 nitrogen and oxygen atoms in total. The van der Waals surface area contributed by atoms with Crippen molar-refractivity contribution in [3.8, 4) is 17.1 Å². The molecule has 0 bridgehead atoms. The lowest BCUT2D eigenvalue weighted by atomic mass is 10.1. The number of carbonyl (C=O) groups is 1. The van der Waals surface area contributed by atoms with Crippen LogP contribution in [-0.2, 0) is 0 Å². The molecule has 32 heavy (non-hydrogen) atoms. The highest BCUT2D eigenvalue weighted by Crippen LogP contribution is 2.26. The van der Waals surface area contributed by atoms with Gasteiger partial charge in [-0.05, 0) is 47.9 Å². The summed E-state index contributed by atoms with van der Waals surface area (Å²) < 4.78 is 2.60. The van der Waals surface area contributed by atoms with Gasteiger partial charge in [0.2, 0.25) is 5.82 Å². The number of fused-ring (bicyclic) bond motifs is 1. The van der Waals surface area contributed by atoms with E-state index in [4.69, 9.17) is 11.6 Å². The molecule has 0 saturated heterocycles. The van der Waals surface area contributed by atoms with E-state index in [0.717, 1.165) is 26.5 Å². The highest BCUT2D eigenvalue weighted by atomic mass is 79.9. The largest absolute Gasteiger partial charge is 0.319 e. The van der Waals surface area contributed by atoms with E-state index in [-0.39, 0.29) is 11.7 Å². The lowest BCUT2D eigenvalue weighted by molar-refractivity contribution is 0.101. The highest BCUT2D eigenvalue weighted by molar-refractivity contribution is 9.10. The van der Waals surface area contributed by atoms with Gasteiger partial charge in [0.1, 0.15) is 0 Å². The van der Waals surface area contributed by atoms with Crippen molar-refractivity contribution >= 4 is 49.9 Å². The summed E-state index contributed by atoms with van der Waals surface area (Å²) in [6.45, 7) is 0. The van der Waals surface area contributed by atoms with Crippen molar-refractivity contribution in [2.45, 2.75) is 0 Å². The van der Waals surface area contributed by atoms with Crippen molar-refractivity contribution in [3.63, 3.8) is 0 Å². The summed E-state index contributed by atoms with van der Waals surface area (Å²) in [5, 5.41) is 10.1. The fourth-order valence-electron chi connectivity index (χ4n) is 3.47. The van der Waals surface area contributed by atoms with Crippen LogP contribution in [-0.4, -0.2) is 20.7 Å². The standard InChI is InChI=1S/C25H16BrClN4O/c26-18-10-8-17(9-11-18)24-29-23(30-31(24)20-14-12-19(27)13-15-20)25(32)28-22-7-3-5-16-4-1-2-6-21(16)22/h1-15H,(H,28,32). The van der Waals surface area contributed by atoms with Crippen LogP contribution in [0.15, 0.2) is 95.5 Å². The summed E-state index contributed by atoms with van der Waals surface area (Å²) in [5.74, 6) is 0.251. The fraction of sp³-hybridized carbons (Fsp3) is 0. The summed E-state index contributed by atoms with van der Waals surface area (Å²) in [7, 11) is 0. The van der Waals surface area contributed by atoms with E-state index in [0.29, 0.717) is 16.5 Å². The second-order valence-electron chi connectivity index (χ2n) is 7.13. The van der Waals surface area contributed by atoms with Gasteiger partial charge >= 0.3 is 0 Å². The maximum Gasteiger partial charge on any atom is 0.295 e. The summed E-state index contributed by atoms with van der Waals surface area (Å²) in [4.78, 5) is 17.7. The molecule has 0 aliphatic carbocycles. The lowest BCUT2D eigenvalue weighted by Crippen LogP contribution is -2.14. The van der Waals surface area contributed by atoms with Gasteiger partial charge in [-0.1, -0.05) is 76.1 Å². The molecule has 5 rings (SSSR count). The summed E-state index contributed by atoms with van der Waals surface area (Å²) >= 11 is 9.51. The molecular formula is C25H16BrClN4O. The van der Waals surface area contributed by atoms with Crippen LogP contribution >= 0.6 is 27.5 Å². The molecule has 0 saturated carbocycles. The predicted octanol–water partition coefficient (Wildman–Crippen LogP) is 6.76. The van der Waals surface area contributed by atoms with Crippen molar-refractivity contribution in [1.82, 2.24) is 14.8 Å². The molecule has 5 aromatic rings. The third kappa shape index (κ3) is 4.02. The molecule has 1 amide bonds. The maximum absolute atomic E-state index is 13.1. The zero-order valence-electron chi connectivity index (χ0n) is 16.7. The summed E-state index contributed by atoms with van der Waals surface area (Å²) in [5.41, 5.74) is 2.30. The van der Waals surface area contributed by atoms with Crippen LogP contribution in [0.1, 0.15) is 10.6 Å². The van der Waals surface area contributed by atoms with Gasteiger partial charge in [-0.15, -0.1) is 5.10 Å². The Labute approximate surface area is 197 Å². The maximum atomic E-state index is 13.1. The van der Waals surface area contributed by atoms with Crippen molar-refractivity contribution in [2.24, 2.45) is 0 Å².